The van der Waals surface area contributed by atoms with Gasteiger partial charge in [0.1, 0.15) is 0 Å². The van der Waals surface area contributed by atoms with Crippen molar-refractivity contribution >= 4 is 5.91 Å². The summed E-state index contributed by atoms with van der Waals surface area (Å²) >= 11 is 0. The summed E-state index contributed by atoms with van der Waals surface area (Å²) in [6, 6.07) is 0.465. The molecule has 0 aromatic rings. The van der Waals surface area contributed by atoms with Gasteiger partial charge in [-0.25, -0.2) is 0 Å². The first-order valence-electron chi connectivity index (χ1n) is 5.27. The Hall–Kier alpha value is -0.570. The van der Waals surface area contributed by atoms with Crippen LogP contribution in [0, 0.1) is 0 Å². The van der Waals surface area contributed by atoms with Crippen LogP contribution in [0.15, 0.2) is 0 Å². The van der Waals surface area contributed by atoms with Gasteiger partial charge in [0.25, 0.3) is 0 Å². The largest absolute Gasteiger partial charge is 0.352 e. The summed E-state index contributed by atoms with van der Waals surface area (Å²) < 4.78 is 0. The summed E-state index contributed by atoms with van der Waals surface area (Å²) in [6.45, 7) is 2.99. The number of carbonyl (C=O) groups is 1. The van der Waals surface area contributed by atoms with Crippen molar-refractivity contribution in [2.45, 2.75) is 50.6 Å². The summed E-state index contributed by atoms with van der Waals surface area (Å²) in [5.74, 6) is 0.203. The molecule has 1 unspecified atom stereocenters. The van der Waals surface area contributed by atoms with Crippen molar-refractivity contribution in [3.63, 3.8) is 0 Å². The molecule has 1 saturated carbocycles. The van der Waals surface area contributed by atoms with Crippen molar-refractivity contribution in [1.29, 1.82) is 0 Å². The highest BCUT2D eigenvalue weighted by molar-refractivity contribution is 5.86. The second-order valence-corrected chi connectivity index (χ2v) is 4.46. The quantitative estimate of drug-likeness (QED) is 0.663. The van der Waals surface area contributed by atoms with Crippen LogP contribution in [0.5, 0.6) is 0 Å². The van der Waals surface area contributed by atoms with Gasteiger partial charge in [-0.3, -0.25) is 4.79 Å². The van der Waals surface area contributed by atoms with Crippen molar-refractivity contribution in [3.05, 3.63) is 0 Å². The summed E-state index contributed by atoms with van der Waals surface area (Å²) in [6.07, 6.45) is 5.71. The SMILES string of the molecule is CC1(C(=O)NC2CCC2)CCCN1. The Bertz CT molecular complexity index is 205. The molecule has 3 heteroatoms. The molecule has 1 aliphatic heterocycles. The zero-order valence-electron chi connectivity index (χ0n) is 8.23. The molecule has 2 fully saturated rings. The Kier molecular flexibility index (Phi) is 2.28. The van der Waals surface area contributed by atoms with Gasteiger partial charge in [0.05, 0.1) is 5.54 Å². The van der Waals surface area contributed by atoms with Crippen LogP contribution >= 0.6 is 0 Å². The Balaban J connectivity index is 1.87. The molecule has 13 heavy (non-hydrogen) atoms. The molecule has 0 bridgehead atoms. The lowest BCUT2D eigenvalue weighted by molar-refractivity contribution is -0.127. The highest BCUT2D eigenvalue weighted by Gasteiger charge is 2.37. The molecule has 1 amide bonds. The molecule has 1 aliphatic carbocycles. The van der Waals surface area contributed by atoms with E-state index in [1.54, 1.807) is 0 Å². The van der Waals surface area contributed by atoms with E-state index in [-0.39, 0.29) is 11.4 Å². The first kappa shape index (κ1) is 9.00. The van der Waals surface area contributed by atoms with Gasteiger partial charge in [-0.05, 0) is 45.6 Å². The normalized spacial score (nSPS) is 34.2. The van der Waals surface area contributed by atoms with E-state index in [9.17, 15) is 4.79 Å². The zero-order chi connectivity index (χ0) is 9.31. The lowest BCUT2D eigenvalue weighted by Crippen LogP contribution is -2.54. The van der Waals surface area contributed by atoms with Crippen LogP contribution in [0.3, 0.4) is 0 Å². The van der Waals surface area contributed by atoms with E-state index in [1.807, 2.05) is 6.92 Å². The average molecular weight is 182 g/mol. The van der Waals surface area contributed by atoms with Crippen molar-refractivity contribution < 1.29 is 4.79 Å². The fraction of sp³-hybridized carbons (Fsp3) is 0.900. The summed E-state index contributed by atoms with van der Waals surface area (Å²) in [5.41, 5.74) is -0.282. The van der Waals surface area contributed by atoms with Gasteiger partial charge in [0.15, 0.2) is 0 Å². The second-order valence-electron chi connectivity index (χ2n) is 4.46. The molecule has 2 aliphatic rings. The van der Waals surface area contributed by atoms with E-state index >= 15 is 0 Å². The molecule has 0 spiro atoms. The summed E-state index contributed by atoms with van der Waals surface area (Å²) in [7, 11) is 0. The Labute approximate surface area is 79.3 Å². The van der Waals surface area contributed by atoms with Gasteiger partial charge in [-0.2, -0.15) is 0 Å². The number of hydrogen-bond acceptors (Lipinski definition) is 2. The van der Waals surface area contributed by atoms with Crippen LogP contribution < -0.4 is 10.6 Å². The minimum absolute atomic E-state index is 0.203. The third-order valence-electron chi connectivity index (χ3n) is 3.31. The van der Waals surface area contributed by atoms with Gasteiger partial charge in [-0.15, -0.1) is 0 Å². The molecule has 1 heterocycles. The average Bonchev–Trinajstić information content (AvgIpc) is 2.45. The van der Waals surface area contributed by atoms with Crippen molar-refractivity contribution in [2.75, 3.05) is 6.54 Å². The van der Waals surface area contributed by atoms with E-state index < -0.39 is 0 Å². The Morgan fingerprint density at radius 2 is 2.23 bits per heavy atom. The molecule has 0 radical (unpaired) electrons. The summed E-state index contributed by atoms with van der Waals surface area (Å²) in [4.78, 5) is 11.8. The highest BCUT2D eigenvalue weighted by atomic mass is 16.2. The number of rotatable bonds is 2. The fourth-order valence-corrected chi connectivity index (χ4v) is 1.99. The maximum absolute atomic E-state index is 11.8. The second kappa shape index (κ2) is 3.29. The topological polar surface area (TPSA) is 41.1 Å². The number of hydrogen-bond donors (Lipinski definition) is 2. The molecule has 0 aromatic heterocycles. The van der Waals surface area contributed by atoms with Gasteiger partial charge in [0.2, 0.25) is 5.91 Å². The standard InChI is InChI=1S/C10H18N2O/c1-10(6-3-7-11-10)9(13)12-8-4-2-5-8/h8,11H,2-7H2,1H3,(H,12,13). The van der Waals surface area contributed by atoms with Crippen molar-refractivity contribution in [1.82, 2.24) is 10.6 Å². The summed E-state index contributed by atoms with van der Waals surface area (Å²) in [5, 5.41) is 6.37. The molecule has 0 aromatic carbocycles. The first-order chi connectivity index (χ1) is 6.21. The zero-order valence-corrected chi connectivity index (χ0v) is 8.23. The molecular formula is C10H18N2O. The van der Waals surface area contributed by atoms with Crippen LogP contribution in [-0.2, 0) is 4.79 Å². The molecule has 1 saturated heterocycles. The monoisotopic (exact) mass is 182 g/mol. The molecule has 3 nitrogen and oxygen atoms in total. The van der Waals surface area contributed by atoms with Gasteiger partial charge < -0.3 is 10.6 Å². The first-order valence-corrected chi connectivity index (χ1v) is 5.27. The van der Waals surface area contributed by atoms with Crippen LogP contribution in [0.4, 0.5) is 0 Å². The van der Waals surface area contributed by atoms with Crippen molar-refractivity contribution in [3.8, 4) is 0 Å². The Morgan fingerprint density at radius 1 is 1.46 bits per heavy atom. The third kappa shape index (κ3) is 1.70. The number of amides is 1. The molecule has 2 rings (SSSR count). The predicted molar refractivity (Wildman–Crippen MR) is 51.4 cm³/mol. The third-order valence-corrected chi connectivity index (χ3v) is 3.31. The van der Waals surface area contributed by atoms with Gasteiger partial charge >= 0.3 is 0 Å². The van der Waals surface area contributed by atoms with E-state index in [0.717, 1.165) is 19.4 Å². The van der Waals surface area contributed by atoms with Crippen LogP contribution in [-0.4, -0.2) is 24.0 Å². The predicted octanol–water partition coefficient (Wildman–Crippen LogP) is 0.797. The molecule has 1 atom stereocenters. The lowest BCUT2D eigenvalue weighted by atomic mass is 9.91. The minimum atomic E-state index is -0.282. The van der Waals surface area contributed by atoms with Gasteiger partial charge in [-0.1, -0.05) is 0 Å². The van der Waals surface area contributed by atoms with Crippen molar-refractivity contribution in [2.24, 2.45) is 0 Å². The molecular weight excluding hydrogens is 164 g/mol. The van der Waals surface area contributed by atoms with Crippen LogP contribution in [0.25, 0.3) is 0 Å². The maximum Gasteiger partial charge on any atom is 0.240 e. The molecule has 2 N–H and O–H groups in total. The van der Waals surface area contributed by atoms with E-state index in [0.29, 0.717) is 6.04 Å². The van der Waals surface area contributed by atoms with E-state index in [1.165, 1.54) is 19.3 Å². The number of carbonyl (C=O) groups excluding carboxylic acids is 1. The lowest BCUT2D eigenvalue weighted by Gasteiger charge is -2.31. The smallest absolute Gasteiger partial charge is 0.240 e. The van der Waals surface area contributed by atoms with Crippen LogP contribution in [0.2, 0.25) is 0 Å². The highest BCUT2D eigenvalue weighted by Crippen LogP contribution is 2.22. The van der Waals surface area contributed by atoms with Gasteiger partial charge in [0, 0.05) is 6.04 Å². The van der Waals surface area contributed by atoms with Crippen LogP contribution in [0.1, 0.15) is 39.0 Å². The molecule has 74 valence electrons. The minimum Gasteiger partial charge on any atom is -0.352 e. The Morgan fingerprint density at radius 3 is 2.69 bits per heavy atom. The maximum atomic E-state index is 11.8. The van der Waals surface area contributed by atoms with E-state index in [4.69, 9.17) is 0 Å². The fourth-order valence-electron chi connectivity index (χ4n) is 1.99. The number of nitrogens with one attached hydrogen (secondary N) is 2. The van der Waals surface area contributed by atoms with E-state index in [2.05, 4.69) is 10.6 Å².